The van der Waals surface area contributed by atoms with Gasteiger partial charge in [0.15, 0.2) is 0 Å². The summed E-state index contributed by atoms with van der Waals surface area (Å²) in [7, 11) is 0. The Morgan fingerprint density at radius 1 is 1.21 bits per heavy atom. The topological polar surface area (TPSA) is 62.3 Å². The Morgan fingerprint density at radius 2 is 2.07 bits per heavy atom. The van der Waals surface area contributed by atoms with E-state index in [0.717, 1.165) is 62.2 Å². The Morgan fingerprint density at radius 3 is 2.86 bits per heavy atom. The highest BCUT2D eigenvalue weighted by Crippen LogP contribution is 2.33. The lowest BCUT2D eigenvalue weighted by atomic mass is 9.87. The molecule has 5 nitrogen and oxygen atoms in total. The fraction of sp³-hybridized carbons (Fsp3) is 0.500. The molecule has 1 saturated heterocycles. The molecular weight excluding hydrogens is 370 g/mol. The van der Waals surface area contributed by atoms with Crippen molar-refractivity contribution in [1.29, 1.82) is 0 Å². The van der Waals surface area contributed by atoms with Crippen LogP contribution in [0.25, 0.3) is 0 Å². The maximum absolute atomic E-state index is 12.8. The van der Waals surface area contributed by atoms with E-state index in [9.17, 15) is 9.59 Å². The van der Waals surface area contributed by atoms with Gasteiger partial charge in [0, 0.05) is 48.7 Å². The van der Waals surface area contributed by atoms with E-state index in [1.165, 1.54) is 16.9 Å². The third-order valence-corrected chi connectivity index (χ3v) is 6.94. The molecule has 6 heteroatoms. The quantitative estimate of drug-likeness (QED) is 0.843. The maximum atomic E-state index is 12.8. The predicted molar refractivity (Wildman–Crippen MR) is 111 cm³/mol. The van der Waals surface area contributed by atoms with Gasteiger partial charge < -0.3 is 10.2 Å². The Labute approximate surface area is 170 Å². The van der Waals surface area contributed by atoms with Crippen molar-refractivity contribution in [3.05, 3.63) is 51.5 Å². The number of nitrogens with one attached hydrogen (secondary N) is 1. The van der Waals surface area contributed by atoms with Gasteiger partial charge in [-0.3, -0.25) is 14.6 Å². The molecule has 0 unspecified atom stereocenters. The van der Waals surface area contributed by atoms with Crippen molar-refractivity contribution in [3.8, 4) is 0 Å². The molecule has 1 aliphatic carbocycles. The molecule has 0 bridgehead atoms. The van der Waals surface area contributed by atoms with Crippen molar-refractivity contribution in [1.82, 2.24) is 15.2 Å². The molecule has 1 fully saturated rings. The first-order valence-electron chi connectivity index (χ1n) is 10.3. The van der Waals surface area contributed by atoms with Crippen LogP contribution in [0.3, 0.4) is 0 Å². The molecule has 2 amide bonds. The molecule has 0 saturated carbocycles. The normalized spacial score (nSPS) is 19.1. The summed E-state index contributed by atoms with van der Waals surface area (Å²) in [5.41, 5.74) is 2.19. The molecule has 148 valence electrons. The van der Waals surface area contributed by atoms with Crippen molar-refractivity contribution in [3.63, 3.8) is 0 Å². The van der Waals surface area contributed by atoms with Gasteiger partial charge in [0.2, 0.25) is 5.91 Å². The van der Waals surface area contributed by atoms with Gasteiger partial charge in [0.25, 0.3) is 5.91 Å². The minimum atomic E-state index is 0.00349. The lowest BCUT2D eigenvalue weighted by Gasteiger charge is -2.26. The van der Waals surface area contributed by atoms with Gasteiger partial charge in [-0.25, -0.2) is 0 Å². The van der Waals surface area contributed by atoms with E-state index in [2.05, 4.69) is 10.3 Å². The molecule has 28 heavy (non-hydrogen) atoms. The number of carbonyl (C=O) groups is 2. The molecule has 0 spiro atoms. The minimum Gasteiger partial charge on any atom is -0.355 e. The van der Waals surface area contributed by atoms with Gasteiger partial charge in [-0.05, 0) is 62.3 Å². The Bertz CT molecular complexity index is 828. The second-order valence-electron chi connectivity index (χ2n) is 7.71. The SMILES string of the molecule is O=C(NCCc1ccccn1)[C@H]1CCc2sc(C(=O)N3CCCCC3)cc2C1. The summed E-state index contributed by atoms with van der Waals surface area (Å²) < 4.78 is 0. The fourth-order valence-electron chi connectivity index (χ4n) is 4.11. The molecule has 2 aliphatic rings. The minimum absolute atomic E-state index is 0.00349. The number of carbonyl (C=O) groups excluding carboxylic acids is 2. The zero-order valence-corrected chi connectivity index (χ0v) is 17.0. The van der Waals surface area contributed by atoms with Crippen LogP contribution in [0.1, 0.15) is 51.5 Å². The summed E-state index contributed by atoms with van der Waals surface area (Å²) in [6.07, 6.45) is 8.47. The molecule has 1 aliphatic heterocycles. The number of fused-ring (bicyclic) bond motifs is 1. The summed E-state index contributed by atoms with van der Waals surface area (Å²) in [4.78, 5) is 33.8. The first kappa shape index (κ1) is 19.1. The second-order valence-corrected chi connectivity index (χ2v) is 8.85. The highest BCUT2D eigenvalue weighted by Gasteiger charge is 2.28. The van der Waals surface area contributed by atoms with Gasteiger partial charge in [0.05, 0.1) is 4.88 Å². The van der Waals surface area contributed by atoms with Gasteiger partial charge >= 0.3 is 0 Å². The van der Waals surface area contributed by atoms with E-state index in [1.54, 1.807) is 17.5 Å². The summed E-state index contributed by atoms with van der Waals surface area (Å²) in [6, 6.07) is 7.88. The number of nitrogens with zero attached hydrogens (tertiary/aromatic N) is 2. The molecule has 4 rings (SSSR count). The molecule has 2 aromatic rings. The van der Waals surface area contributed by atoms with Crippen molar-refractivity contribution in [2.24, 2.45) is 5.92 Å². The summed E-state index contributed by atoms with van der Waals surface area (Å²) >= 11 is 1.63. The van der Waals surface area contributed by atoms with Gasteiger partial charge in [0.1, 0.15) is 0 Å². The average Bonchev–Trinajstić information content (AvgIpc) is 3.18. The number of hydrogen-bond donors (Lipinski definition) is 1. The first-order valence-corrected chi connectivity index (χ1v) is 11.1. The van der Waals surface area contributed by atoms with Crippen LogP contribution in [0.5, 0.6) is 0 Å². The second kappa shape index (κ2) is 8.86. The fourth-order valence-corrected chi connectivity index (χ4v) is 5.29. The summed E-state index contributed by atoms with van der Waals surface area (Å²) in [5.74, 6) is 0.302. The van der Waals surface area contributed by atoms with Crippen LogP contribution in [0.4, 0.5) is 0 Å². The number of likely N-dealkylation sites (tertiary alicyclic amines) is 1. The summed E-state index contributed by atoms with van der Waals surface area (Å²) in [5, 5.41) is 3.06. The highest BCUT2D eigenvalue weighted by molar-refractivity contribution is 7.14. The standard InChI is InChI=1S/C22H27N3O2S/c26-21(24-11-9-18-6-2-3-10-23-18)16-7-8-19-17(14-16)15-20(28-19)22(27)25-12-4-1-5-13-25/h2-3,6,10,15-16H,1,4-5,7-9,11-14H2,(H,24,26)/t16-/m0/s1. The Hall–Kier alpha value is -2.21. The Kier molecular flexibility index (Phi) is 6.05. The molecule has 0 radical (unpaired) electrons. The molecule has 0 aromatic carbocycles. The number of piperidine rings is 1. The Balaban J connectivity index is 1.32. The van der Waals surface area contributed by atoms with Crippen LogP contribution in [0, 0.1) is 5.92 Å². The third kappa shape index (κ3) is 4.43. The highest BCUT2D eigenvalue weighted by atomic mass is 32.1. The van der Waals surface area contributed by atoms with Gasteiger partial charge in [-0.1, -0.05) is 6.07 Å². The van der Waals surface area contributed by atoms with E-state index in [4.69, 9.17) is 0 Å². The van der Waals surface area contributed by atoms with Crippen molar-refractivity contribution < 1.29 is 9.59 Å². The van der Waals surface area contributed by atoms with E-state index >= 15 is 0 Å². The average molecular weight is 398 g/mol. The lowest BCUT2D eigenvalue weighted by Crippen LogP contribution is -2.35. The van der Waals surface area contributed by atoms with E-state index in [1.807, 2.05) is 29.2 Å². The summed E-state index contributed by atoms with van der Waals surface area (Å²) in [6.45, 7) is 2.37. The number of hydrogen-bond acceptors (Lipinski definition) is 4. The lowest BCUT2D eigenvalue weighted by molar-refractivity contribution is -0.125. The van der Waals surface area contributed by atoms with Crippen molar-refractivity contribution in [2.75, 3.05) is 19.6 Å². The molecule has 2 aromatic heterocycles. The third-order valence-electron chi connectivity index (χ3n) is 5.71. The maximum Gasteiger partial charge on any atom is 0.263 e. The van der Waals surface area contributed by atoms with E-state index in [-0.39, 0.29) is 17.7 Å². The molecule has 1 N–H and O–H groups in total. The van der Waals surface area contributed by atoms with Gasteiger partial charge in [-0.15, -0.1) is 11.3 Å². The monoisotopic (exact) mass is 397 g/mol. The van der Waals surface area contributed by atoms with Crippen molar-refractivity contribution >= 4 is 23.2 Å². The van der Waals surface area contributed by atoms with Crippen LogP contribution >= 0.6 is 11.3 Å². The number of aromatic nitrogens is 1. The van der Waals surface area contributed by atoms with Gasteiger partial charge in [-0.2, -0.15) is 0 Å². The molecule has 1 atom stereocenters. The number of aryl methyl sites for hydroxylation is 1. The first-order chi connectivity index (χ1) is 13.7. The number of amides is 2. The largest absolute Gasteiger partial charge is 0.355 e. The number of pyridine rings is 1. The van der Waals surface area contributed by atoms with Crippen LogP contribution in [0.15, 0.2) is 30.5 Å². The van der Waals surface area contributed by atoms with Crippen LogP contribution < -0.4 is 5.32 Å². The van der Waals surface area contributed by atoms with E-state index in [0.29, 0.717) is 6.54 Å². The zero-order chi connectivity index (χ0) is 19.3. The van der Waals surface area contributed by atoms with Crippen LogP contribution in [-0.4, -0.2) is 41.3 Å². The molecular formula is C22H27N3O2S. The molecule has 3 heterocycles. The predicted octanol–water partition coefficient (Wildman–Crippen LogP) is 3.23. The van der Waals surface area contributed by atoms with Crippen LogP contribution in [0.2, 0.25) is 0 Å². The van der Waals surface area contributed by atoms with Crippen LogP contribution in [-0.2, 0) is 24.1 Å². The number of rotatable bonds is 5. The smallest absolute Gasteiger partial charge is 0.263 e. The van der Waals surface area contributed by atoms with E-state index < -0.39 is 0 Å². The van der Waals surface area contributed by atoms with Crippen molar-refractivity contribution in [2.45, 2.75) is 44.9 Å². The zero-order valence-electron chi connectivity index (χ0n) is 16.2. The number of thiophene rings is 1.